The van der Waals surface area contributed by atoms with Crippen molar-refractivity contribution in [3.8, 4) is 0 Å². The van der Waals surface area contributed by atoms with E-state index in [1.54, 1.807) is 17.0 Å². The number of halogens is 1. The molecule has 4 heteroatoms. The van der Waals surface area contributed by atoms with E-state index in [4.69, 9.17) is 5.73 Å². The van der Waals surface area contributed by atoms with E-state index in [0.29, 0.717) is 19.5 Å². The molecule has 1 aliphatic carbocycles. The second kappa shape index (κ2) is 7.73. The molecule has 2 rings (SSSR count). The molecule has 0 bridgehead atoms. The molecule has 0 aliphatic heterocycles. The van der Waals surface area contributed by atoms with Crippen LogP contribution in [0.4, 0.5) is 4.39 Å². The summed E-state index contributed by atoms with van der Waals surface area (Å²) in [4.78, 5) is 14.2. The van der Waals surface area contributed by atoms with Crippen molar-refractivity contribution in [3.05, 3.63) is 35.6 Å². The van der Waals surface area contributed by atoms with Crippen molar-refractivity contribution in [2.45, 2.75) is 44.9 Å². The van der Waals surface area contributed by atoms with E-state index in [1.165, 1.54) is 31.4 Å². The zero-order chi connectivity index (χ0) is 16.0. The van der Waals surface area contributed by atoms with Crippen LogP contribution in [0.5, 0.6) is 0 Å². The number of likely N-dealkylation sites (N-methyl/N-ethyl adjacent to an activating group) is 1. The molecule has 0 heterocycles. The fourth-order valence-electron chi connectivity index (χ4n) is 3.28. The van der Waals surface area contributed by atoms with Crippen LogP contribution in [0.25, 0.3) is 0 Å². The molecule has 0 spiro atoms. The molecule has 1 saturated carbocycles. The standard InChI is InChI=1S/C18H27FN2O/c1-21(12-9-15-5-7-16(19)8-6-15)17(22)13-18(14-20)10-3-2-4-11-18/h5-8H,2-4,9-14,20H2,1H3. The van der Waals surface area contributed by atoms with Crippen molar-refractivity contribution in [2.24, 2.45) is 11.1 Å². The predicted octanol–water partition coefficient (Wildman–Crippen LogP) is 3.13. The first-order chi connectivity index (χ1) is 10.5. The number of nitrogens with zero attached hydrogens (tertiary/aromatic N) is 1. The van der Waals surface area contributed by atoms with Gasteiger partial charge in [0.1, 0.15) is 5.82 Å². The first-order valence-corrected chi connectivity index (χ1v) is 8.23. The molecule has 2 N–H and O–H groups in total. The molecule has 0 radical (unpaired) electrons. The van der Waals surface area contributed by atoms with Gasteiger partial charge < -0.3 is 10.6 Å². The highest BCUT2D eigenvalue weighted by molar-refractivity contribution is 5.76. The van der Waals surface area contributed by atoms with Crippen molar-refractivity contribution in [1.29, 1.82) is 0 Å². The maximum absolute atomic E-state index is 12.9. The Labute approximate surface area is 132 Å². The van der Waals surface area contributed by atoms with Crippen molar-refractivity contribution < 1.29 is 9.18 Å². The summed E-state index contributed by atoms with van der Waals surface area (Å²) in [6.45, 7) is 1.26. The average molecular weight is 306 g/mol. The third kappa shape index (κ3) is 4.54. The van der Waals surface area contributed by atoms with Gasteiger partial charge in [0, 0.05) is 20.0 Å². The summed E-state index contributed by atoms with van der Waals surface area (Å²) in [5, 5.41) is 0. The molecule has 1 aliphatic rings. The lowest BCUT2D eigenvalue weighted by molar-refractivity contribution is -0.132. The van der Waals surface area contributed by atoms with E-state index >= 15 is 0 Å². The smallest absolute Gasteiger partial charge is 0.222 e. The summed E-state index contributed by atoms with van der Waals surface area (Å²) in [5.74, 6) is -0.0511. The van der Waals surface area contributed by atoms with Crippen LogP contribution in [-0.4, -0.2) is 30.9 Å². The lowest BCUT2D eigenvalue weighted by Crippen LogP contribution is -2.39. The first kappa shape index (κ1) is 16.9. The summed E-state index contributed by atoms with van der Waals surface area (Å²) >= 11 is 0. The Hall–Kier alpha value is -1.42. The third-order valence-corrected chi connectivity index (χ3v) is 4.95. The van der Waals surface area contributed by atoms with Gasteiger partial charge >= 0.3 is 0 Å². The summed E-state index contributed by atoms with van der Waals surface area (Å²) in [7, 11) is 1.85. The van der Waals surface area contributed by atoms with Gasteiger partial charge in [0.25, 0.3) is 0 Å². The zero-order valence-electron chi connectivity index (χ0n) is 13.5. The van der Waals surface area contributed by atoms with Crippen LogP contribution >= 0.6 is 0 Å². The minimum absolute atomic E-state index is 0.0134. The quantitative estimate of drug-likeness (QED) is 0.877. The molecule has 0 saturated heterocycles. The average Bonchev–Trinajstić information content (AvgIpc) is 2.55. The molecular weight excluding hydrogens is 279 g/mol. The van der Waals surface area contributed by atoms with Crippen LogP contribution in [-0.2, 0) is 11.2 Å². The third-order valence-electron chi connectivity index (χ3n) is 4.95. The minimum Gasteiger partial charge on any atom is -0.345 e. The minimum atomic E-state index is -0.227. The second-order valence-corrected chi connectivity index (χ2v) is 6.63. The number of benzene rings is 1. The van der Waals surface area contributed by atoms with Crippen molar-refractivity contribution in [3.63, 3.8) is 0 Å². The summed E-state index contributed by atoms with van der Waals surface area (Å²) in [6.07, 6.45) is 7.08. The Kier molecular flexibility index (Phi) is 5.95. The molecule has 1 amide bonds. The summed E-state index contributed by atoms with van der Waals surface area (Å²) < 4.78 is 12.9. The Morgan fingerprint density at radius 3 is 2.45 bits per heavy atom. The second-order valence-electron chi connectivity index (χ2n) is 6.63. The van der Waals surface area contributed by atoms with Crippen LogP contribution in [0.15, 0.2) is 24.3 Å². The number of carbonyl (C=O) groups excluding carboxylic acids is 1. The largest absolute Gasteiger partial charge is 0.345 e. The van der Waals surface area contributed by atoms with E-state index < -0.39 is 0 Å². The van der Waals surface area contributed by atoms with Gasteiger partial charge in [-0.05, 0) is 48.9 Å². The van der Waals surface area contributed by atoms with E-state index in [1.807, 2.05) is 7.05 Å². The Balaban J connectivity index is 1.84. The maximum atomic E-state index is 12.9. The molecule has 0 aromatic heterocycles. The maximum Gasteiger partial charge on any atom is 0.222 e. The zero-order valence-corrected chi connectivity index (χ0v) is 13.5. The van der Waals surface area contributed by atoms with E-state index in [0.717, 1.165) is 24.8 Å². The van der Waals surface area contributed by atoms with Crippen LogP contribution in [0, 0.1) is 11.2 Å². The van der Waals surface area contributed by atoms with Gasteiger partial charge in [-0.3, -0.25) is 4.79 Å². The molecule has 1 fully saturated rings. The highest BCUT2D eigenvalue weighted by Crippen LogP contribution is 2.38. The molecule has 0 unspecified atom stereocenters. The van der Waals surface area contributed by atoms with Gasteiger partial charge in [-0.25, -0.2) is 4.39 Å². The molecule has 1 aromatic carbocycles. The Morgan fingerprint density at radius 1 is 1.23 bits per heavy atom. The van der Waals surface area contributed by atoms with E-state index in [9.17, 15) is 9.18 Å². The van der Waals surface area contributed by atoms with E-state index in [-0.39, 0.29) is 17.1 Å². The van der Waals surface area contributed by atoms with Gasteiger partial charge in [-0.1, -0.05) is 31.4 Å². The normalized spacial score (nSPS) is 17.2. The van der Waals surface area contributed by atoms with Gasteiger partial charge in [-0.2, -0.15) is 0 Å². The molecule has 1 aromatic rings. The SMILES string of the molecule is CN(CCc1ccc(F)cc1)C(=O)CC1(CN)CCCCC1. The lowest BCUT2D eigenvalue weighted by Gasteiger charge is -2.36. The van der Waals surface area contributed by atoms with Crippen LogP contribution in [0.1, 0.15) is 44.1 Å². The summed E-state index contributed by atoms with van der Waals surface area (Å²) in [5.41, 5.74) is 7.02. The molecule has 0 atom stereocenters. The van der Waals surface area contributed by atoms with Gasteiger partial charge in [-0.15, -0.1) is 0 Å². The predicted molar refractivity (Wildman–Crippen MR) is 86.9 cm³/mol. The topological polar surface area (TPSA) is 46.3 Å². The van der Waals surface area contributed by atoms with Gasteiger partial charge in [0.05, 0.1) is 0 Å². The Bertz CT molecular complexity index is 480. The van der Waals surface area contributed by atoms with Gasteiger partial charge in [0.15, 0.2) is 0 Å². The number of amides is 1. The Morgan fingerprint density at radius 2 is 1.86 bits per heavy atom. The number of hydrogen-bond acceptors (Lipinski definition) is 2. The highest BCUT2D eigenvalue weighted by Gasteiger charge is 2.33. The van der Waals surface area contributed by atoms with Crippen molar-refractivity contribution >= 4 is 5.91 Å². The monoisotopic (exact) mass is 306 g/mol. The molecule has 3 nitrogen and oxygen atoms in total. The van der Waals surface area contributed by atoms with Crippen LogP contribution in [0.2, 0.25) is 0 Å². The lowest BCUT2D eigenvalue weighted by atomic mass is 9.71. The number of carbonyl (C=O) groups is 1. The van der Waals surface area contributed by atoms with Crippen LogP contribution < -0.4 is 5.73 Å². The fraction of sp³-hybridized carbons (Fsp3) is 0.611. The van der Waals surface area contributed by atoms with Gasteiger partial charge in [0.2, 0.25) is 5.91 Å². The number of nitrogens with two attached hydrogens (primary N) is 1. The molecular formula is C18H27FN2O. The fourth-order valence-corrected chi connectivity index (χ4v) is 3.28. The molecule has 122 valence electrons. The van der Waals surface area contributed by atoms with Crippen LogP contribution in [0.3, 0.4) is 0 Å². The highest BCUT2D eigenvalue weighted by atomic mass is 19.1. The van der Waals surface area contributed by atoms with E-state index in [2.05, 4.69) is 0 Å². The molecule has 22 heavy (non-hydrogen) atoms. The first-order valence-electron chi connectivity index (χ1n) is 8.23. The summed E-state index contributed by atoms with van der Waals surface area (Å²) in [6, 6.07) is 6.47. The number of rotatable bonds is 6. The number of hydrogen-bond donors (Lipinski definition) is 1. The van der Waals surface area contributed by atoms with Crippen molar-refractivity contribution in [1.82, 2.24) is 4.90 Å². The van der Waals surface area contributed by atoms with Crippen molar-refractivity contribution in [2.75, 3.05) is 20.1 Å².